The summed E-state index contributed by atoms with van der Waals surface area (Å²) in [4.78, 5) is 10.8. The molecule has 0 bridgehead atoms. The van der Waals surface area contributed by atoms with Crippen molar-refractivity contribution >= 4 is 5.97 Å². The Bertz CT molecular complexity index is 109. The van der Waals surface area contributed by atoms with Gasteiger partial charge < -0.3 is 10.1 Å². The number of nitrogens with one attached hydrogen (secondary N) is 1. The highest BCUT2D eigenvalue weighted by Crippen LogP contribution is 1.92. The molecular weight excluding hydrogens is 130 g/mol. The van der Waals surface area contributed by atoms with Crippen molar-refractivity contribution in [3.05, 3.63) is 0 Å². The topological polar surface area (TPSA) is 38.3 Å². The predicted octanol–water partition coefficient (Wildman–Crippen LogP) is 0.793. The van der Waals surface area contributed by atoms with Crippen LogP contribution in [0.1, 0.15) is 21.7 Å². The molecule has 0 heterocycles. The largest absolute Gasteiger partial charge is 0.468 e. The summed E-state index contributed by atoms with van der Waals surface area (Å²) in [5.74, 6) is -0.177. The maximum Gasteiger partial charge on any atom is 0.322 e. The zero-order chi connectivity index (χ0) is 7.98. The highest BCUT2D eigenvalue weighted by Gasteiger charge is 2.13. The fourth-order valence-corrected chi connectivity index (χ4v) is 0.783. The fraction of sp³-hybridized carbons (Fsp3) is 0.857. The molecule has 0 saturated heterocycles. The van der Waals surface area contributed by atoms with Gasteiger partial charge in [0.15, 0.2) is 0 Å². The lowest BCUT2D eigenvalue weighted by atomic mass is 10.2. The number of rotatable bonds is 4. The SMILES string of the molecule is CCNC(CC)C(=O)OC.[HH]. The predicted molar refractivity (Wildman–Crippen MR) is 41.9 cm³/mol. The third-order valence-corrected chi connectivity index (χ3v) is 1.34. The van der Waals surface area contributed by atoms with Gasteiger partial charge in [0.25, 0.3) is 0 Å². The van der Waals surface area contributed by atoms with Crippen molar-refractivity contribution in [3.8, 4) is 0 Å². The molecule has 0 radical (unpaired) electrons. The highest BCUT2D eigenvalue weighted by molar-refractivity contribution is 5.75. The molecule has 0 aliphatic heterocycles. The Morgan fingerprint density at radius 2 is 2.30 bits per heavy atom. The van der Waals surface area contributed by atoms with Crippen LogP contribution < -0.4 is 5.32 Å². The third kappa shape index (κ3) is 2.82. The molecule has 0 aliphatic rings. The Labute approximate surface area is 63.2 Å². The lowest BCUT2D eigenvalue weighted by Crippen LogP contribution is -2.36. The molecule has 1 unspecified atom stereocenters. The summed E-state index contributed by atoms with van der Waals surface area (Å²) in [6, 6.07) is -0.130. The quantitative estimate of drug-likeness (QED) is 0.597. The molecule has 0 fully saturated rings. The molecule has 0 aromatic heterocycles. The number of methoxy groups -OCH3 is 1. The number of hydrogen-bond acceptors (Lipinski definition) is 3. The monoisotopic (exact) mass is 147 g/mol. The average molecular weight is 147 g/mol. The second-order valence-electron chi connectivity index (χ2n) is 2.04. The number of likely N-dealkylation sites (N-methyl/N-ethyl adjacent to an activating group) is 1. The van der Waals surface area contributed by atoms with Crippen LogP contribution in [0.4, 0.5) is 0 Å². The van der Waals surface area contributed by atoms with Crippen LogP contribution >= 0.6 is 0 Å². The number of ether oxygens (including phenoxy) is 1. The molecule has 1 N–H and O–H groups in total. The van der Waals surface area contributed by atoms with Gasteiger partial charge in [0.2, 0.25) is 0 Å². The Balaban J connectivity index is 0. The fourth-order valence-electron chi connectivity index (χ4n) is 0.783. The van der Waals surface area contributed by atoms with Gasteiger partial charge in [0.1, 0.15) is 6.04 Å². The van der Waals surface area contributed by atoms with E-state index in [2.05, 4.69) is 10.1 Å². The summed E-state index contributed by atoms with van der Waals surface area (Å²) < 4.78 is 4.55. The minimum Gasteiger partial charge on any atom is -0.468 e. The van der Waals surface area contributed by atoms with Crippen LogP contribution in [-0.2, 0) is 9.53 Å². The van der Waals surface area contributed by atoms with E-state index in [1.807, 2.05) is 13.8 Å². The molecule has 10 heavy (non-hydrogen) atoms. The summed E-state index contributed by atoms with van der Waals surface area (Å²) in [5.41, 5.74) is 0. The first-order valence-corrected chi connectivity index (χ1v) is 3.57. The first-order chi connectivity index (χ1) is 4.76. The molecule has 0 aliphatic carbocycles. The van der Waals surface area contributed by atoms with Crippen LogP contribution in [0, 0.1) is 0 Å². The van der Waals surface area contributed by atoms with Gasteiger partial charge in [-0.25, -0.2) is 0 Å². The molecule has 62 valence electrons. The number of carbonyl (C=O) groups excluding carboxylic acids is 1. The van der Waals surface area contributed by atoms with E-state index >= 15 is 0 Å². The summed E-state index contributed by atoms with van der Waals surface area (Å²) >= 11 is 0. The van der Waals surface area contributed by atoms with Crippen molar-refractivity contribution in [3.63, 3.8) is 0 Å². The minimum absolute atomic E-state index is 0. The Kier molecular flexibility index (Phi) is 4.94. The molecule has 0 spiro atoms. The van der Waals surface area contributed by atoms with Crippen LogP contribution in [0.2, 0.25) is 0 Å². The van der Waals surface area contributed by atoms with E-state index < -0.39 is 0 Å². The molecule has 3 nitrogen and oxygen atoms in total. The van der Waals surface area contributed by atoms with Crippen LogP contribution in [0.15, 0.2) is 0 Å². The molecule has 0 aromatic rings. The molecule has 0 rings (SSSR count). The van der Waals surface area contributed by atoms with Crippen LogP contribution in [0.3, 0.4) is 0 Å². The summed E-state index contributed by atoms with van der Waals surface area (Å²) in [6.45, 7) is 4.71. The van der Waals surface area contributed by atoms with Gasteiger partial charge in [-0.1, -0.05) is 13.8 Å². The number of esters is 1. The Morgan fingerprint density at radius 3 is 2.60 bits per heavy atom. The van der Waals surface area contributed by atoms with Gasteiger partial charge in [-0.3, -0.25) is 4.79 Å². The van der Waals surface area contributed by atoms with Crippen LogP contribution in [0.25, 0.3) is 0 Å². The lowest BCUT2D eigenvalue weighted by Gasteiger charge is -2.11. The van der Waals surface area contributed by atoms with E-state index in [1.54, 1.807) is 0 Å². The van der Waals surface area contributed by atoms with Gasteiger partial charge in [0.05, 0.1) is 7.11 Å². The first-order valence-electron chi connectivity index (χ1n) is 3.57. The minimum atomic E-state index is -0.177. The van der Waals surface area contributed by atoms with E-state index in [1.165, 1.54) is 7.11 Å². The van der Waals surface area contributed by atoms with E-state index in [9.17, 15) is 4.79 Å². The molecule has 3 heteroatoms. The summed E-state index contributed by atoms with van der Waals surface area (Å²) in [5, 5.41) is 3.01. The van der Waals surface area contributed by atoms with Gasteiger partial charge in [-0.05, 0) is 13.0 Å². The van der Waals surface area contributed by atoms with Gasteiger partial charge in [-0.2, -0.15) is 0 Å². The van der Waals surface area contributed by atoms with E-state index in [0.717, 1.165) is 13.0 Å². The Hall–Kier alpha value is -0.570. The highest BCUT2D eigenvalue weighted by atomic mass is 16.5. The van der Waals surface area contributed by atoms with Gasteiger partial charge in [0, 0.05) is 1.43 Å². The second kappa shape index (κ2) is 5.23. The van der Waals surface area contributed by atoms with Crippen molar-refractivity contribution < 1.29 is 11.0 Å². The Morgan fingerprint density at radius 1 is 1.70 bits per heavy atom. The summed E-state index contributed by atoms with van der Waals surface area (Å²) in [6.07, 6.45) is 0.778. The normalized spacial score (nSPS) is 12.7. The number of carbonyl (C=O) groups is 1. The third-order valence-electron chi connectivity index (χ3n) is 1.34. The smallest absolute Gasteiger partial charge is 0.322 e. The molecular formula is C7H17NO2. The van der Waals surface area contributed by atoms with E-state index in [-0.39, 0.29) is 13.4 Å². The van der Waals surface area contributed by atoms with Crippen molar-refractivity contribution in [1.29, 1.82) is 0 Å². The second-order valence-corrected chi connectivity index (χ2v) is 2.04. The van der Waals surface area contributed by atoms with Crippen molar-refractivity contribution in [1.82, 2.24) is 5.32 Å². The van der Waals surface area contributed by atoms with Crippen molar-refractivity contribution in [2.45, 2.75) is 26.3 Å². The molecule has 1 atom stereocenters. The van der Waals surface area contributed by atoms with E-state index in [0.29, 0.717) is 0 Å². The number of hydrogen-bond donors (Lipinski definition) is 1. The lowest BCUT2D eigenvalue weighted by molar-refractivity contribution is -0.143. The van der Waals surface area contributed by atoms with Crippen LogP contribution in [0.5, 0.6) is 0 Å². The van der Waals surface area contributed by atoms with Gasteiger partial charge >= 0.3 is 5.97 Å². The standard InChI is InChI=1S/C7H15NO2.H2/c1-4-6(8-5-2)7(9)10-3;/h6,8H,4-5H2,1-3H3;1H. The first kappa shape index (κ1) is 9.43. The van der Waals surface area contributed by atoms with E-state index in [4.69, 9.17) is 0 Å². The van der Waals surface area contributed by atoms with Gasteiger partial charge in [-0.15, -0.1) is 0 Å². The molecule has 0 saturated carbocycles. The van der Waals surface area contributed by atoms with Crippen molar-refractivity contribution in [2.75, 3.05) is 13.7 Å². The zero-order valence-corrected chi connectivity index (χ0v) is 6.81. The van der Waals surface area contributed by atoms with Crippen molar-refractivity contribution in [2.24, 2.45) is 0 Å². The average Bonchev–Trinajstić information content (AvgIpc) is 1.99. The summed E-state index contributed by atoms with van der Waals surface area (Å²) in [7, 11) is 1.41. The maximum atomic E-state index is 10.8. The zero-order valence-electron chi connectivity index (χ0n) is 6.81. The molecule has 0 aromatic carbocycles. The maximum absolute atomic E-state index is 10.8. The van der Waals surface area contributed by atoms with Crippen LogP contribution in [-0.4, -0.2) is 25.7 Å². The molecule has 0 amide bonds.